The Kier molecular flexibility index (Phi) is 8.44. The number of rotatable bonds is 10. The van der Waals surface area contributed by atoms with Crippen LogP contribution in [0.15, 0.2) is 34.1 Å². The average Bonchev–Trinajstić information content (AvgIpc) is 2.53. The number of carboxylic acid groups (broad SMARTS) is 1. The van der Waals surface area contributed by atoms with Crippen molar-refractivity contribution in [3.63, 3.8) is 0 Å². The molecule has 140 valence electrons. The third-order valence-corrected chi connectivity index (χ3v) is 6.79. The molecule has 2 atom stereocenters. The molecule has 8 heteroatoms. The topological polar surface area (TPSA) is 101 Å². The van der Waals surface area contributed by atoms with Crippen LogP contribution < -0.4 is 5.32 Å². The monoisotopic (exact) mass is 387 g/mol. The number of aliphatic carboxylic acids is 1. The van der Waals surface area contributed by atoms with Gasteiger partial charge in [0.05, 0.1) is 15.9 Å². The zero-order valence-corrected chi connectivity index (χ0v) is 16.3. The molecular formula is C17H25NO5S2. The van der Waals surface area contributed by atoms with Crippen LogP contribution in [-0.4, -0.2) is 42.4 Å². The highest BCUT2D eigenvalue weighted by atomic mass is 32.2. The largest absolute Gasteiger partial charge is 0.481 e. The zero-order chi connectivity index (χ0) is 19.0. The second-order valence-electron chi connectivity index (χ2n) is 5.87. The number of amides is 1. The molecular weight excluding hydrogens is 362 g/mol. The summed E-state index contributed by atoms with van der Waals surface area (Å²) >= 11 is 1.19. The van der Waals surface area contributed by atoms with Crippen molar-refractivity contribution in [2.45, 2.75) is 61.1 Å². The number of carbonyl (C=O) groups is 2. The van der Waals surface area contributed by atoms with Gasteiger partial charge in [0.1, 0.15) is 0 Å². The van der Waals surface area contributed by atoms with E-state index in [4.69, 9.17) is 5.11 Å². The maximum Gasteiger partial charge on any atom is 0.303 e. The maximum absolute atomic E-state index is 12.4. The van der Waals surface area contributed by atoms with Gasteiger partial charge in [-0.25, -0.2) is 8.42 Å². The summed E-state index contributed by atoms with van der Waals surface area (Å²) in [6.07, 6.45) is 0.861. The van der Waals surface area contributed by atoms with E-state index in [0.29, 0.717) is 17.7 Å². The predicted octanol–water partition coefficient (Wildman–Crippen LogP) is 2.72. The van der Waals surface area contributed by atoms with Crippen molar-refractivity contribution in [2.75, 3.05) is 5.75 Å². The Hall–Kier alpha value is -1.54. The highest BCUT2D eigenvalue weighted by molar-refractivity contribution is 8.01. The van der Waals surface area contributed by atoms with E-state index < -0.39 is 21.1 Å². The van der Waals surface area contributed by atoms with Gasteiger partial charge in [-0.2, -0.15) is 0 Å². The molecule has 0 bridgehead atoms. The summed E-state index contributed by atoms with van der Waals surface area (Å²) in [6.45, 7) is 5.26. The van der Waals surface area contributed by atoms with Crippen LogP contribution in [0.1, 0.15) is 40.0 Å². The van der Waals surface area contributed by atoms with Crippen molar-refractivity contribution in [1.29, 1.82) is 0 Å². The van der Waals surface area contributed by atoms with Crippen LogP contribution in [0, 0.1) is 0 Å². The minimum Gasteiger partial charge on any atom is -0.481 e. The summed E-state index contributed by atoms with van der Waals surface area (Å²) in [6, 6.07) is 6.42. The van der Waals surface area contributed by atoms with Gasteiger partial charge in [-0.05, 0) is 38.8 Å². The number of hydrogen-bond acceptors (Lipinski definition) is 5. The fourth-order valence-corrected chi connectivity index (χ4v) is 5.04. The first-order chi connectivity index (χ1) is 11.7. The first kappa shape index (κ1) is 21.5. The van der Waals surface area contributed by atoms with E-state index in [1.165, 1.54) is 11.8 Å². The lowest BCUT2D eigenvalue weighted by atomic mass is 10.2. The summed E-state index contributed by atoms with van der Waals surface area (Å²) in [5.41, 5.74) is 0. The number of benzene rings is 1. The Balaban J connectivity index is 2.79. The van der Waals surface area contributed by atoms with Crippen LogP contribution in [0.2, 0.25) is 0 Å². The molecule has 6 nitrogen and oxygen atoms in total. The van der Waals surface area contributed by atoms with Gasteiger partial charge >= 0.3 is 5.97 Å². The van der Waals surface area contributed by atoms with Crippen molar-refractivity contribution in [1.82, 2.24) is 5.32 Å². The highest BCUT2D eigenvalue weighted by Crippen LogP contribution is 2.30. The summed E-state index contributed by atoms with van der Waals surface area (Å²) in [7, 11) is -3.37. The predicted molar refractivity (Wildman–Crippen MR) is 98.6 cm³/mol. The van der Waals surface area contributed by atoms with E-state index >= 15 is 0 Å². The smallest absolute Gasteiger partial charge is 0.303 e. The Morgan fingerprint density at radius 1 is 1.24 bits per heavy atom. The molecule has 1 amide bonds. The number of hydrogen-bond donors (Lipinski definition) is 2. The molecule has 2 unspecified atom stereocenters. The van der Waals surface area contributed by atoms with E-state index in [-0.39, 0.29) is 29.0 Å². The molecule has 0 saturated heterocycles. The summed E-state index contributed by atoms with van der Waals surface area (Å²) in [5.74, 6) is -1.08. The van der Waals surface area contributed by atoms with Crippen LogP contribution in [-0.2, 0) is 19.4 Å². The third kappa shape index (κ3) is 7.07. The molecule has 1 rings (SSSR count). The molecule has 25 heavy (non-hydrogen) atoms. The van der Waals surface area contributed by atoms with Gasteiger partial charge in [-0.15, -0.1) is 11.8 Å². The van der Waals surface area contributed by atoms with Gasteiger partial charge in [0.2, 0.25) is 5.91 Å². The van der Waals surface area contributed by atoms with Gasteiger partial charge in [0.25, 0.3) is 0 Å². The summed E-state index contributed by atoms with van der Waals surface area (Å²) < 4.78 is 24.7. The van der Waals surface area contributed by atoms with Gasteiger partial charge in [0.15, 0.2) is 9.84 Å². The van der Waals surface area contributed by atoms with E-state index in [1.807, 2.05) is 6.92 Å². The van der Waals surface area contributed by atoms with E-state index in [2.05, 4.69) is 5.32 Å². The van der Waals surface area contributed by atoms with Crippen LogP contribution in [0.5, 0.6) is 0 Å². The molecule has 0 aromatic heterocycles. The van der Waals surface area contributed by atoms with Gasteiger partial charge in [-0.1, -0.05) is 19.1 Å². The Labute approximate surface area is 153 Å². The van der Waals surface area contributed by atoms with Crippen molar-refractivity contribution < 1.29 is 23.1 Å². The average molecular weight is 388 g/mol. The summed E-state index contributed by atoms with van der Waals surface area (Å²) in [4.78, 5) is 23.6. The van der Waals surface area contributed by atoms with Gasteiger partial charge in [0, 0.05) is 17.4 Å². The number of sulfone groups is 1. The van der Waals surface area contributed by atoms with Crippen LogP contribution in [0.3, 0.4) is 0 Å². The minimum atomic E-state index is -3.37. The Morgan fingerprint density at radius 3 is 2.48 bits per heavy atom. The molecule has 1 aromatic rings. The van der Waals surface area contributed by atoms with E-state index in [1.54, 1.807) is 38.1 Å². The van der Waals surface area contributed by atoms with E-state index in [9.17, 15) is 18.0 Å². The molecule has 0 saturated carbocycles. The fourth-order valence-electron chi connectivity index (χ4n) is 2.20. The quantitative estimate of drug-likeness (QED) is 0.599. The normalized spacial score (nSPS) is 13.9. The molecule has 1 aromatic carbocycles. The maximum atomic E-state index is 12.4. The number of thioether (sulfide) groups is 1. The second-order valence-corrected chi connectivity index (χ2v) is 9.33. The van der Waals surface area contributed by atoms with Crippen molar-refractivity contribution in [3.05, 3.63) is 24.3 Å². The Bertz CT molecular complexity index is 703. The third-order valence-electron chi connectivity index (χ3n) is 3.51. The molecule has 0 aliphatic rings. The molecule has 0 heterocycles. The van der Waals surface area contributed by atoms with E-state index in [0.717, 1.165) is 0 Å². The minimum absolute atomic E-state index is 0.0128. The number of carboxylic acids is 1. The van der Waals surface area contributed by atoms with Crippen LogP contribution >= 0.6 is 11.8 Å². The molecule has 0 aliphatic heterocycles. The standard InChI is InChI=1S/C17H25NO5S2/c1-4-11-25(22,23)15-8-6-5-7-14(15)24-13(3)17(21)18-12(2)9-10-16(19)20/h5-8,12-13H,4,9-11H2,1-3H3,(H,18,21)(H,19,20). The fraction of sp³-hybridized carbons (Fsp3) is 0.529. The SMILES string of the molecule is CCCS(=O)(=O)c1ccccc1SC(C)C(=O)NC(C)CCC(=O)O. The molecule has 0 aliphatic carbocycles. The summed E-state index contributed by atoms with van der Waals surface area (Å²) in [5, 5.41) is 10.9. The molecule has 0 spiro atoms. The highest BCUT2D eigenvalue weighted by Gasteiger charge is 2.22. The molecule has 2 N–H and O–H groups in total. The lowest BCUT2D eigenvalue weighted by molar-refractivity contribution is -0.137. The van der Waals surface area contributed by atoms with Crippen LogP contribution in [0.4, 0.5) is 0 Å². The molecule has 0 fully saturated rings. The van der Waals surface area contributed by atoms with Gasteiger partial charge < -0.3 is 10.4 Å². The number of carbonyl (C=O) groups excluding carboxylic acids is 1. The van der Waals surface area contributed by atoms with Gasteiger partial charge in [-0.3, -0.25) is 9.59 Å². The van der Waals surface area contributed by atoms with Crippen molar-refractivity contribution >= 4 is 33.5 Å². The van der Waals surface area contributed by atoms with Crippen LogP contribution in [0.25, 0.3) is 0 Å². The first-order valence-corrected chi connectivity index (χ1v) is 10.7. The lowest BCUT2D eigenvalue weighted by Gasteiger charge is -2.18. The number of nitrogens with one attached hydrogen (secondary N) is 1. The lowest BCUT2D eigenvalue weighted by Crippen LogP contribution is -2.37. The van der Waals surface area contributed by atoms with Crippen molar-refractivity contribution in [3.8, 4) is 0 Å². The van der Waals surface area contributed by atoms with Crippen molar-refractivity contribution in [2.24, 2.45) is 0 Å². The Morgan fingerprint density at radius 2 is 1.88 bits per heavy atom. The molecule has 0 radical (unpaired) electrons. The second kappa shape index (κ2) is 9.82. The first-order valence-electron chi connectivity index (χ1n) is 8.18. The zero-order valence-electron chi connectivity index (χ0n) is 14.7.